The van der Waals surface area contributed by atoms with Crippen molar-refractivity contribution in [1.29, 1.82) is 0 Å². The average molecular weight is 459 g/mol. The standard InChI is InChI=1S/C25H16F3N5O/c1-14-11-15(4-6-18(14)26)23-24(33-22(32-23)3-2-9-30-33)16-8-10-29-21(13-16)31-25(34)17-5-7-19(27)20(28)12-17/h2-13H,1H3,(H,29,31,34). The molecule has 34 heavy (non-hydrogen) atoms. The topological polar surface area (TPSA) is 72.2 Å². The predicted octanol–water partition coefficient (Wildman–Crippen LogP) is 5.44. The number of anilines is 1. The second-order valence-corrected chi connectivity index (χ2v) is 7.58. The third-order valence-electron chi connectivity index (χ3n) is 5.28. The van der Waals surface area contributed by atoms with Crippen molar-refractivity contribution in [2.45, 2.75) is 6.92 Å². The Morgan fingerprint density at radius 3 is 2.50 bits per heavy atom. The Hall–Kier alpha value is -4.53. The van der Waals surface area contributed by atoms with Gasteiger partial charge in [-0.05, 0) is 73.2 Å². The summed E-state index contributed by atoms with van der Waals surface area (Å²) in [6.45, 7) is 1.67. The first-order valence-electron chi connectivity index (χ1n) is 10.2. The number of pyridine rings is 1. The Kier molecular flexibility index (Phi) is 5.29. The summed E-state index contributed by atoms with van der Waals surface area (Å²) in [7, 11) is 0. The zero-order valence-corrected chi connectivity index (χ0v) is 17.8. The van der Waals surface area contributed by atoms with Gasteiger partial charge >= 0.3 is 0 Å². The molecule has 0 saturated carbocycles. The van der Waals surface area contributed by atoms with Crippen molar-refractivity contribution in [3.05, 3.63) is 102 Å². The largest absolute Gasteiger partial charge is 0.307 e. The van der Waals surface area contributed by atoms with E-state index in [-0.39, 0.29) is 17.2 Å². The number of nitrogens with zero attached hydrogens (tertiary/aromatic N) is 4. The van der Waals surface area contributed by atoms with Crippen LogP contribution in [0.4, 0.5) is 19.0 Å². The number of nitrogens with one attached hydrogen (secondary N) is 1. The molecule has 3 heterocycles. The molecule has 0 aliphatic carbocycles. The molecule has 0 bridgehead atoms. The zero-order chi connectivity index (χ0) is 23.8. The van der Waals surface area contributed by atoms with Crippen molar-refractivity contribution in [3.63, 3.8) is 0 Å². The maximum atomic E-state index is 13.9. The Labute approximate surface area is 191 Å². The lowest BCUT2D eigenvalue weighted by Gasteiger charge is -2.09. The molecule has 0 unspecified atom stereocenters. The van der Waals surface area contributed by atoms with Crippen molar-refractivity contribution >= 4 is 17.4 Å². The quantitative estimate of drug-likeness (QED) is 0.389. The van der Waals surface area contributed by atoms with Crippen LogP contribution < -0.4 is 5.32 Å². The molecule has 2 aromatic carbocycles. The number of halogens is 3. The molecule has 1 N–H and O–H groups in total. The van der Waals surface area contributed by atoms with E-state index in [2.05, 4.69) is 20.4 Å². The van der Waals surface area contributed by atoms with E-state index in [9.17, 15) is 18.0 Å². The van der Waals surface area contributed by atoms with Gasteiger partial charge in [0.25, 0.3) is 5.91 Å². The molecule has 0 atom stereocenters. The summed E-state index contributed by atoms with van der Waals surface area (Å²) in [5, 5.41) is 6.99. The third kappa shape index (κ3) is 3.88. The van der Waals surface area contributed by atoms with E-state index in [1.165, 1.54) is 18.3 Å². The number of fused-ring (bicyclic) bond motifs is 1. The molecule has 0 aliphatic heterocycles. The van der Waals surface area contributed by atoms with Crippen molar-refractivity contribution < 1.29 is 18.0 Å². The normalized spacial score (nSPS) is 11.1. The molecule has 9 heteroatoms. The Balaban J connectivity index is 1.58. The molecule has 0 radical (unpaired) electrons. The third-order valence-corrected chi connectivity index (χ3v) is 5.28. The van der Waals surface area contributed by atoms with Gasteiger partial charge in [-0.15, -0.1) is 0 Å². The summed E-state index contributed by atoms with van der Waals surface area (Å²) in [5.74, 6) is -2.93. The Morgan fingerprint density at radius 1 is 0.882 bits per heavy atom. The SMILES string of the molecule is Cc1cc(-c2nc3cccnn3c2-c2ccnc(NC(=O)c3ccc(F)c(F)c3)c2)ccc1F. The molecule has 3 aromatic heterocycles. The maximum Gasteiger partial charge on any atom is 0.256 e. The van der Waals surface area contributed by atoms with Crippen LogP contribution in [-0.4, -0.2) is 25.5 Å². The number of hydrogen-bond acceptors (Lipinski definition) is 4. The summed E-state index contributed by atoms with van der Waals surface area (Å²) in [4.78, 5) is 21.4. The van der Waals surface area contributed by atoms with Crippen molar-refractivity contribution in [2.24, 2.45) is 0 Å². The van der Waals surface area contributed by atoms with E-state index >= 15 is 0 Å². The molecular formula is C25H16F3N5O. The average Bonchev–Trinajstić information content (AvgIpc) is 3.22. The number of aromatic nitrogens is 4. The summed E-state index contributed by atoms with van der Waals surface area (Å²) in [6, 6.07) is 14.5. The van der Waals surface area contributed by atoms with Gasteiger partial charge in [0.1, 0.15) is 17.3 Å². The van der Waals surface area contributed by atoms with E-state index in [4.69, 9.17) is 0 Å². The fourth-order valence-corrected chi connectivity index (χ4v) is 3.61. The van der Waals surface area contributed by atoms with Gasteiger partial charge in [-0.2, -0.15) is 5.10 Å². The summed E-state index contributed by atoms with van der Waals surface area (Å²) in [5.41, 5.74) is 3.53. The number of benzene rings is 2. The molecule has 1 amide bonds. The number of hydrogen-bond donors (Lipinski definition) is 1. The van der Waals surface area contributed by atoms with E-state index < -0.39 is 17.5 Å². The minimum atomic E-state index is -1.12. The minimum Gasteiger partial charge on any atom is -0.307 e. The first-order chi connectivity index (χ1) is 16.4. The van der Waals surface area contributed by atoms with Crippen molar-refractivity contribution in [1.82, 2.24) is 19.6 Å². The second-order valence-electron chi connectivity index (χ2n) is 7.58. The lowest BCUT2D eigenvalue weighted by molar-refractivity contribution is 0.102. The van der Waals surface area contributed by atoms with Gasteiger partial charge in [0, 0.05) is 29.1 Å². The first kappa shape index (κ1) is 21.3. The highest BCUT2D eigenvalue weighted by atomic mass is 19.2. The molecule has 5 rings (SSSR count). The second kappa shape index (κ2) is 8.43. The molecule has 0 saturated heterocycles. The molecular weight excluding hydrogens is 443 g/mol. The van der Waals surface area contributed by atoms with Crippen LogP contribution in [0, 0.1) is 24.4 Å². The lowest BCUT2D eigenvalue weighted by atomic mass is 10.0. The van der Waals surface area contributed by atoms with Crippen LogP contribution in [0.5, 0.6) is 0 Å². The van der Waals surface area contributed by atoms with E-state index in [1.54, 1.807) is 54.0 Å². The number of imidazole rings is 1. The summed E-state index contributed by atoms with van der Waals surface area (Å²) >= 11 is 0. The number of rotatable bonds is 4. The van der Waals surface area contributed by atoms with Crippen LogP contribution in [-0.2, 0) is 0 Å². The van der Waals surface area contributed by atoms with Crippen LogP contribution in [0.15, 0.2) is 73.1 Å². The molecule has 6 nitrogen and oxygen atoms in total. The van der Waals surface area contributed by atoms with Gasteiger partial charge < -0.3 is 5.32 Å². The van der Waals surface area contributed by atoms with Gasteiger partial charge in [0.05, 0.1) is 5.69 Å². The monoisotopic (exact) mass is 459 g/mol. The molecule has 0 aliphatic rings. The number of aryl methyl sites for hydroxylation is 1. The maximum absolute atomic E-state index is 13.9. The Morgan fingerprint density at radius 2 is 1.71 bits per heavy atom. The Bertz CT molecular complexity index is 1560. The highest BCUT2D eigenvalue weighted by Gasteiger charge is 2.19. The zero-order valence-electron chi connectivity index (χ0n) is 17.8. The van der Waals surface area contributed by atoms with Crippen LogP contribution in [0.2, 0.25) is 0 Å². The highest BCUT2D eigenvalue weighted by Crippen LogP contribution is 2.33. The van der Waals surface area contributed by atoms with E-state index in [0.717, 1.165) is 12.1 Å². The van der Waals surface area contributed by atoms with Crippen LogP contribution >= 0.6 is 0 Å². The van der Waals surface area contributed by atoms with Gasteiger partial charge in [0.15, 0.2) is 17.3 Å². The van der Waals surface area contributed by atoms with Gasteiger partial charge in [-0.1, -0.05) is 0 Å². The van der Waals surface area contributed by atoms with Crippen molar-refractivity contribution in [3.8, 4) is 22.5 Å². The number of carbonyl (C=O) groups excluding carboxylic acids is 1. The van der Waals surface area contributed by atoms with Gasteiger partial charge in [-0.25, -0.2) is 27.7 Å². The molecule has 0 spiro atoms. The van der Waals surface area contributed by atoms with E-state index in [1.807, 2.05) is 0 Å². The predicted molar refractivity (Wildman–Crippen MR) is 121 cm³/mol. The highest BCUT2D eigenvalue weighted by molar-refractivity contribution is 6.04. The first-order valence-corrected chi connectivity index (χ1v) is 10.2. The number of carbonyl (C=O) groups is 1. The van der Waals surface area contributed by atoms with Gasteiger partial charge in [-0.3, -0.25) is 4.79 Å². The van der Waals surface area contributed by atoms with Crippen LogP contribution in [0.3, 0.4) is 0 Å². The van der Waals surface area contributed by atoms with Crippen LogP contribution in [0.25, 0.3) is 28.2 Å². The summed E-state index contributed by atoms with van der Waals surface area (Å²) < 4.78 is 42.2. The number of amides is 1. The fourth-order valence-electron chi connectivity index (χ4n) is 3.61. The summed E-state index contributed by atoms with van der Waals surface area (Å²) in [6.07, 6.45) is 3.11. The minimum absolute atomic E-state index is 0.0509. The molecule has 0 fully saturated rings. The van der Waals surface area contributed by atoms with Gasteiger partial charge in [0.2, 0.25) is 0 Å². The van der Waals surface area contributed by atoms with Crippen molar-refractivity contribution in [2.75, 3.05) is 5.32 Å². The van der Waals surface area contributed by atoms with Crippen LogP contribution in [0.1, 0.15) is 15.9 Å². The molecule has 5 aromatic rings. The molecule has 168 valence electrons. The smallest absolute Gasteiger partial charge is 0.256 e. The lowest BCUT2D eigenvalue weighted by Crippen LogP contribution is -2.13. The fraction of sp³-hybridized carbons (Fsp3) is 0.0400. The van der Waals surface area contributed by atoms with E-state index in [0.29, 0.717) is 33.7 Å².